The van der Waals surface area contributed by atoms with Crippen molar-refractivity contribution in [3.63, 3.8) is 0 Å². The first-order chi connectivity index (χ1) is 7.27. The van der Waals surface area contributed by atoms with Gasteiger partial charge < -0.3 is 0 Å². The van der Waals surface area contributed by atoms with Crippen LogP contribution in [0, 0.1) is 0 Å². The molecule has 1 heterocycles. The molecule has 1 aromatic carbocycles. The molecule has 0 amide bonds. The monoisotopic (exact) mass is 235 g/mol. The maximum absolute atomic E-state index is 5.92. The number of benzene rings is 1. The Balaban J connectivity index is 2.32. The fourth-order valence-corrected chi connectivity index (χ4v) is 1.90. The molecule has 76 valence electrons. The summed E-state index contributed by atoms with van der Waals surface area (Å²) in [6, 6.07) is 13.5. The fourth-order valence-electron chi connectivity index (χ4n) is 1.39. The van der Waals surface area contributed by atoms with Crippen molar-refractivity contribution in [2.45, 2.75) is 5.25 Å². The molecule has 0 bridgehead atoms. The zero-order chi connectivity index (χ0) is 10.7. The van der Waals surface area contributed by atoms with Gasteiger partial charge in [0.05, 0.1) is 10.9 Å². The summed E-state index contributed by atoms with van der Waals surface area (Å²) in [4.78, 5) is 4.27. The Kier molecular flexibility index (Phi) is 3.29. The molecule has 15 heavy (non-hydrogen) atoms. The lowest BCUT2D eigenvalue weighted by atomic mass is 10.1. The quantitative estimate of drug-likeness (QED) is 0.783. The molecule has 1 unspecified atom stereocenters. The first kappa shape index (κ1) is 10.5. The van der Waals surface area contributed by atoms with Crippen LogP contribution in [-0.4, -0.2) is 4.98 Å². The minimum atomic E-state index is -0.0232. The van der Waals surface area contributed by atoms with Gasteiger partial charge in [-0.05, 0) is 29.8 Å². The molecular formula is C12H10ClNS. The first-order valence-electron chi connectivity index (χ1n) is 4.62. The average Bonchev–Trinajstić information content (AvgIpc) is 2.29. The zero-order valence-electron chi connectivity index (χ0n) is 7.97. The Bertz CT molecular complexity index is 444. The number of halogens is 1. The topological polar surface area (TPSA) is 12.9 Å². The lowest BCUT2D eigenvalue weighted by Crippen LogP contribution is -1.95. The molecule has 0 spiro atoms. The molecule has 0 radical (unpaired) electrons. The number of thiol groups is 1. The van der Waals surface area contributed by atoms with Crippen LogP contribution in [0.15, 0.2) is 48.7 Å². The summed E-state index contributed by atoms with van der Waals surface area (Å²) in [6.07, 6.45) is 1.77. The van der Waals surface area contributed by atoms with E-state index < -0.39 is 0 Å². The Hall–Kier alpha value is -0.990. The highest BCUT2D eigenvalue weighted by atomic mass is 35.5. The molecule has 2 aromatic rings. The summed E-state index contributed by atoms with van der Waals surface area (Å²) in [5, 5.41) is 0.701. The number of rotatable bonds is 2. The van der Waals surface area contributed by atoms with Gasteiger partial charge in [0.1, 0.15) is 0 Å². The maximum atomic E-state index is 5.92. The molecular weight excluding hydrogens is 226 g/mol. The van der Waals surface area contributed by atoms with E-state index in [2.05, 4.69) is 17.6 Å². The zero-order valence-corrected chi connectivity index (χ0v) is 9.62. The Labute approximate surface area is 99.5 Å². The van der Waals surface area contributed by atoms with E-state index in [0.717, 1.165) is 16.3 Å². The van der Waals surface area contributed by atoms with Gasteiger partial charge in [0.25, 0.3) is 0 Å². The summed E-state index contributed by atoms with van der Waals surface area (Å²) < 4.78 is 0. The molecule has 0 fully saturated rings. The third kappa shape index (κ3) is 2.52. The number of hydrogen-bond acceptors (Lipinski definition) is 2. The van der Waals surface area contributed by atoms with Crippen LogP contribution in [0.1, 0.15) is 16.5 Å². The summed E-state index contributed by atoms with van der Waals surface area (Å²) in [6.45, 7) is 0. The SMILES string of the molecule is SC(c1cccc(Cl)c1)c1ccccn1. The fraction of sp³-hybridized carbons (Fsp3) is 0.0833. The van der Waals surface area contributed by atoms with E-state index in [1.807, 2.05) is 42.5 Å². The van der Waals surface area contributed by atoms with Crippen LogP contribution in [0.4, 0.5) is 0 Å². The predicted molar refractivity (Wildman–Crippen MR) is 66.5 cm³/mol. The molecule has 0 aliphatic carbocycles. The van der Waals surface area contributed by atoms with Crippen molar-refractivity contribution in [1.29, 1.82) is 0 Å². The van der Waals surface area contributed by atoms with Crippen LogP contribution in [-0.2, 0) is 0 Å². The predicted octanol–water partition coefficient (Wildman–Crippen LogP) is 3.75. The van der Waals surface area contributed by atoms with Gasteiger partial charge in [-0.3, -0.25) is 4.98 Å². The molecule has 0 aliphatic rings. The molecule has 0 saturated carbocycles. The third-order valence-electron chi connectivity index (χ3n) is 2.13. The van der Waals surface area contributed by atoms with Crippen LogP contribution >= 0.6 is 24.2 Å². The normalized spacial score (nSPS) is 12.4. The summed E-state index contributed by atoms with van der Waals surface area (Å²) in [5.74, 6) is 0. The highest BCUT2D eigenvalue weighted by molar-refractivity contribution is 7.80. The van der Waals surface area contributed by atoms with E-state index in [1.54, 1.807) is 6.20 Å². The van der Waals surface area contributed by atoms with Crippen LogP contribution in [0.5, 0.6) is 0 Å². The van der Waals surface area contributed by atoms with Crippen LogP contribution in [0.3, 0.4) is 0 Å². The number of pyridine rings is 1. The molecule has 0 aliphatic heterocycles. The van der Waals surface area contributed by atoms with Gasteiger partial charge in [0.15, 0.2) is 0 Å². The Morgan fingerprint density at radius 2 is 2.00 bits per heavy atom. The second kappa shape index (κ2) is 4.69. The molecule has 3 heteroatoms. The van der Waals surface area contributed by atoms with E-state index in [-0.39, 0.29) is 5.25 Å². The second-order valence-electron chi connectivity index (χ2n) is 3.21. The summed E-state index contributed by atoms with van der Waals surface area (Å²) in [5.41, 5.74) is 1.99. The van der Waals surface area contributed by atoms with E-state index >= 15 is 0 Å². The number of nitrogens with zero attached hydrogens (tertiary/aromatic N) is 1. The van der Waals surface area contributed by atoms with Crippen molar-refractivity contribution in [3.8, 4) is 0 Å². The summed E-state index contributed by atoms with van der Waals surface area (Å²) in [7, 11) is 0. The highest BCUT2D eigenvalue weighted by Crippen LogP contribution is 2.27. The smallest absolute Gasteiger partial charge is 0.0689 e. The van der Waals surface area contributed by atoms with Gasteiger partial charge >= 0.3 is 0 Å². The van der Waals surface area contributed by atoms with Crippen molar-refractivity contribution in [3.05, 3.63) is 64.9 Å². The minimum absolute atomic E-state index is 0.0232. The second-order valence-corrected chi connectivity index (χ2v) is 4.16. The van der Waals surface area contributed by atoms with Gasteiger partial charge in [-0.15, -0.1) is 0 Å². The van der Waals surface area contributed by atoms with Crippen molar-refractivity contribution in [2.24, 2.45) is 0 Å². The molecule has 2 rings (SSSR count). The molecule has 1 nitrogen and oxygen atoms in total. The third-order valence-corrected chi connectivity index (χ3v) is 2.93. The minimum Gasteiger partial charge on any atom is -0.260 e. The van der Waals surface area contributed by atoms with E-state index in [4.69, 9.17) is 11.6 Å². The molecule has 1 atom stereocenters. The molecule has 0 saturated heterocycles. The van der Waals surface area contributed by atoms with Crippen molar-refractivity contribution in [1.82, 2.24) is 4.98 Å². The van der Waals surface area contributed by atoms with Crippen molar-refractivity contribution < 1.29 is 0 Å². The average molecular weight is 236 g/mol. The van der Waals surface area contributed by atoms with E-state index in [1.165, 1.54) is 0 Å². The van der Waals surface area contributed by atoms with Gasteiger partial charge in [-0.2, -0.15) is 12.6 Å². The lowest BCUT2D eigenvalue weighted by Gasteiger charge is -2.10. The summed E-state index contributed by atoms with van der Waals surface area (Å²) >= 11 is 10.5. The van der Waals surface area contributed by atoms with Crippen molar-refractivity contribution in [2.75, 3.05) is 0 Å². The van der Waals surface area contributed by atoms with Gasteiger partial charge in [-0.1, -0.05) is 29.8 Å². The highest BCUT2D eigenvalue weighted by Gasteiger charge is 2.09. The Morgan fingerprint density at radius 3 is 2.67 bits per heavy atom. The Morgan fingerprint density at radius 1 is 1.13 bits per heavy atom. The lowest BCUT2D eigenvalue weighted by molar-refractivity contribution is 1.06. The van der Waals surface area contributed by atoms with Crippen LogP contribution < -0.4 is 0 Å². The van der Waals surface area contributed by atoms with Gasteiger partial charge in [-0.25, -0.2) is 0 Å². The van der Waals surface area contributed by atoms with Crippen molar-refractivity contribution >= 4 is 24.2 Å². The maximum Gasteiger partial charge on any atom is 0.0689 e. The molecule has 0 N–H and O–H groups in total. The first-order valence-corrected chi connectivity index (χ1v) is 5.51. The molecule has 1 aromatic heterocycles. The number of aromatic nitrogens is 1. The number of hydrogen-bond donors (Lipinski definition) is 1. The van der Waals surface area contributed by atoms with Crippen LogP contribution in [0.25, 0.3) is 0 Å². The largest absolute Gasteiger partial charge is 0.260 e. The van der Waals surface area contributed by atoms with Crippen LogP contribution in [0.2, 0.25) is 5.02 Å². The van der Waals surface area contributed by atoms with Gasteiger partial charge in [0.2, 0.25) is 0 Å². The standard InChI is InChI=1S/C12H10ClNS/c13-10-5-3-4-9(8-10)12(15)11-6-1-2-7-14-11/h1-8,12,15H. The van der Waals surface area contributed by atoms with E-state index in [9.17, 15) is 0 Å². The van der Waals surface area contributed by atoms with Gasteiger partial charge in [0, 0.05) is 11.2 Å². The van der Waals surface area contributed by atoms with E-state index in [0.29, 0.717) is 0 Å².